The first-order valence-corrected chi connectivity index (χ1v) is 7.44. The first-order chi connectivity index (χ1) is 10.1. The molecule has 0 saturated heterocycles. The van der Waals surface area contributed by atoms with Gasteiger partial charge in [-0.1, -0.05) is 32.0 Å². The highest BCUT2D eigenvalue weighted by Gasteiger charge is 2.29. The number of para-hydroxylation sites is 1. The molecule has 1 aromatic carbocycles. The van der Waals surface area contributed by atoms with E-state index in [-0.39, 0.29) is 11.8 Å². The standard InChI is InChI=1S/C17H26N2O3/c1-12(2)14(18-16(21)22-17(3,4)5)15(20)19(6)13-10-8-7-9-11-13/h7-12,14H,1-6H3,(H,18,21)/t14-/m0/s1. The lowest BCUT2D eigenvalue weighted by Crippen LogP contribution is -2.51. The summed E-state index contributed by atoms with van der Waals surface area (Å²) >= 11 is 0. The summed E-state index contributed by atoms with van der Waals surface area (Å²) in [4.78, 5) is 26.1. The summed E-state index contributed by atoms with van der Waals surface area (Å²) in [5.74, 6) is -0.224. The highest BCUT2D eigenvalue weighted by molar-refractivity contribution is 5.98. The van der Waals surface area contributed by atoms with Gasteiger partial charge in [0.15, 0.2) is 0 Å². The third kappa shape index (κ3) is 5.39. The molecule has 0 bridgehead atoms. The average Bonchev–Trinajstić information content (AvgIpc) is 2.42. The van der Waals surface area contributed by atoms with Crippen LogP contribution in [0.5, 0.6) is 0 Å². The third-order valence-corrected chi connectivity index (χ3v) is 3.08. The van der Waals surface area contributed by atoms with Crippen LogP contribution in [0, 0.1) is 5.92 Å². The van der Waals surface area contributed by atoms with Crippen molar-refractivity contribution in [1.82, 2.24) is 5.32 Å². The minimum atomic E-state index is -0.639. The van der Waals surface area contributed by atoms with Crippen LogP contribution in [-0.2, 0) is 9.53 Å². The summed E-state index contributed by atoms with van der Waals surface area (Å²) < 4.78 is 5.23. The van der Waals surface area contributed by atoms with Gasteiger partial charge in [0.05, 0.1) is 0 Å². The zero-order valence-corrected chi connectivity index (χ0v) is 14.2. The zero-order valence-electron chi connectivity index (χ0n) is 14.2. The van der Waals surface area contributed by atoms with E-state index in [1.165, 1.54) is 0 Å². The summed E-state index contributed by atoms with van der Waals surface area (Å²) in [7, 11) is 1.70. The van der Waals surface area contributed by atoms with Crippen LogP contribution < -0.4 is 10.2 Å². The van der Waals surface area contributed by atoms with Crippen molar-refractivity contribution in [2.45, 2.75) is 46.3 Å². The molecule has 1 aromatic rings. The van der Waals surface area contributed by atoms with Gasteiger partial charge in [0.1, 0.15) is 11.6 Å². The second-order valence-corrected chi connectivity index (χ2v) is 6.60. The van der Waals surface area contributed by atoms with Crippen LogP contribution in [0.15, 0.2) is 30.3 Å². The number of carbonyl (C=O) groups excluding carboxylic acids is 2. The number of likely N-dealkylation sites (N-methyl/N-ethyl adjacent to an activating group) is 1. The molecule has 0 aliphatic carbocycles. The van der Waals surface area contributed by atoms with Crippen molar-refractivity contribution in [3.05, 3.63) is 30.3 Å². The molecule has 2 amide bonds. The van der Waals surface area contributed by atoms with Gasteiger partial charge in [0, 0.05) is 12.7 Å². The number of hydrogen-bond donors (Lipinski definition) is 1. The number of nitrogens with zero attached hydrogens (tertiary/aromatic N) is 1. The number of anilines is 1. The van der Waals surface area contributed by atoms with Gasteiger partial charge in [-0.2, -0.15) is 0 Å². The van der Waals surface area contributed by atoms with Crippen molar-refractivity contribution >= 4 is 17.7 Å². The van der Waals surface area contributed by atoms with Crippen molar-refractivity contribution in [2.24, 2.45) is 5.92 Å². The molecule has 0 radical (unpaired) electrons. The van der Waals surface area contributed by atoms with Gasteiger partial charge < -0.3 is 15.0 Å². The summed E-state index contributed by atoms with van der Waals surface area (Å²) in [6.07, 6.45) is -0.582. The predicted molar refractivity (Wildman–Crippen MR) is 87.8 cm³/mol. The Bertz CT molecular complexity index is 506. The number of ether oxygens (including phenoxy) is 1. The van der Waals surface area contributed by atoms with Gasteiger partial charge in [-0.3, -0.25) is 4.79 Å². The van der Waals surface area contributed by atoms with E-state index in [1.54, 1.807) is 32.7 Å². The Balaban J connectivity index is 2.82. The number of carbonyl (C=O) groups is 2. The van der Waals surface area contributed by atoms with E-state index in [0.717, 1.165) is 5.69 Å². The molecule has 5 nitrogen and oxygen atoms in total. The molecule has 1 rings (SSSR count). The lowest BCUT2D eigenvalue weighted by atomic mass is 10.0. The number of amides is 2. The number of rotatable bonds is 4. The van der Waals surface area contributed by atoms with E-state index in [9.17, 15) is 9.59 Å². The van der Waals surface area contributed by atoms with Crippen LogP contribution in [0.3, 0.4) is 0 Å². The first kappa shape index (κ1) is 18.0. The van der Waals surface area contributed by atoms with E-state index in [4.69, 9.17) is 4.74 Å². The van der Waals surface area contributed by atoms with Crippen molar-refractivity contribution in [3.63, 3.8) is 0 Å². The quantitative estimate of drug-likeness (QED) is 0.929. The van der Waals surface area contributed by atoms with Crippen LogP contribution in [-0.4, -0.2) is 30.7 Å². The highest BCUT2D eigenvalue weighted by atomic mass is 16.6. The van der Waals surface area contributed by atoms with Crippen molar-refractivity contribution in [3.8, 4) is 0 Å². The SMILES string of the molecule is CC(C)[C@H](NC(=O)OC(C)(C)C)C(=O)N(C)c1ccccc1. The van der Waals surface area contributed by atoms with Gasteiger partial charge in [0.25, 0.3) is 0 Å². The van der Waals surface area contributed by atoms with Crippen LogP contribution >= 0.6 is 0 Å². The summed E-state index contributed by atoms with van der Waals surface area (Å²) in [6.45, 7) is 9.14. The first-order valence-electron chi connectivity index (χ1n) is 7.44. The van der Waals surface area contributed by atoms with Crippen molar-refractivity contribution in [1.29, 1.82) is 0 Å². The maximum atomic E-state index is 12.6. The molecular weight excluding hydrogens is 280 g/mol. The molecule has 0 aliphatic heterocycles. The second kappa shape index (κ2) is 7.29. The Morgan fingerprint density at radius 3 is 2.14 bits per heavy atom. The van der Waals surface area contributed by atoms with Gasteiger partial charge >= 0.3 is 6.09 Å². The fourth-order valence-corrected chi connectivity index (χ4v) is 1.94. The number of benzene rings is 1. The molecule has 0 aliphatic rings. The van der Waals surface area contributed by atoms with E-state index in [0.29, 0.717) is 0 Å². The van der Waals surface area contributed by atoms with E-state index >= 15 is 0 Å². The lowest BCUT2D eigenvalue weighted by molar-refractivity contribution is -0.121. The maximum absolute atomic E-state index is 12.6. The van der Waals surface area contributed by atoms with Gasteiger partial charge in [-0.05, 0) is 38.8 Å². The van der Waals surface area contributed by atoms with Crippen molar-refractivity contribution in [2.75, 3.05) is 11.9 Å². The molecule has 0 unspecified atom stereocenters. The molecule has 0 fully saturated rings. The number of alkyl carbamates (subject to hydrolysis) is 1. The molecule has 22 heavy (non-hydrogen) atoms. The molecule has 122 valence electrons. The molecule has 0 saturated carbocycles. The minimum absolute atomic E-state index is 0.0498. The van der Waals surface area contributed by atoms with Crippen molar-refractivity contribution < 1.29 is 14.3 Å². The Labute approximate surface area is 132 Å². The fraction of sp³-hybridized carbons (Fsp3) is 0.529. The maximum Gasteiger partial charge on any atom is 0.408 e. The normalized spacial score (nSPS) is 12.7. The van der Waals surface area contributed by atoms with E-state index in [2.05, 4.69) is 5.32 Å². The molecular formula is C17H26N2O3. The highest BCUT2D eigenvalue weighted by Crippen LogP contribution is 2.15. The van der Waals surface area contributed by atoms with Crippen LogP contribution in [0.25, 0.3) is 0 Å². The Kier molecular flexibility index (Phi) is 5.97. The molecule has 0 spiro atoms. The van der Waals surface area contributed by atoms with Crippen LogP contribution in [0.1, 0.15) is 34.6 Å². The molecule has 5 heteroatoms. The molecule has 0 aromatic heterocycles. The summed E-state index contributed by atoms with van der Waals surface area (Å²) in [6, 6.07) is 8.68. The predicted octanol–water partition coefficient (Wildman–Crippen LogP) is 3.20. The van der Waals surface area contributed by atoms with Gasteiger partial charge in [-0.25, -0.2) is 4.79 Å². The molecule has 1 N–H and O–H groups in total. The average molecular weight is 306 g/mol. The topological polar surface area (TPSA) is 58.6 Å². The van der Waals surface area contributed by atoms with Gasteiger partial charge in [0.2, 0.25) is 5.91 Å². The summed E-state index contributed by atoms with van der Waals surface area (Å²) in [5, 5.41) is 2.67. The number of hydrogen-bond acceptors (Lipinski definition) is 3. The molecule has 0 heterocycles. The Morgan fingerprint density at radius 2 is 1.68 bits per heavy atom. The van der Waals surface area contributed by atoms with Gasteiger partial charge in [-0.15, -0.1) is 0 Å². The Morgan fingerprint density at radius 1 is 1.14 bits per heavy atom. The smallest absolute Gasteiger partial charge is 0.408 e. The van der Waals surface area contributed by atoms with Crippen LogP contribution in [0.4, 0.5) is 10.5 Å². The van der Waals surface area contributed by atoms with E-state index < -0.39 is 17.7 Å². The minimum Gasteiger partial charge on any atom is -0.444 e. The second-order valence-electron chi connectivity index (χ2n) is 6.60. The zero-order chi connectivity index (χ0) is 16.9. The van der Waals surface area contributed by atoms with E-state index in [1.807, 2.05) is 44.2 Å². The monoisotopic (exact) mass is 306 g/mol. The molecule has 1 atom stereocenters. The summed E-state index contributed by atoms with van der Waals surface area (Å²) in [5.41, 5.74) is 0.184. The lowest BCUT2D eigenvalue weighted by Gasteiger charge is -2.28. The van der Waals surface area contributed by atoms with Crippen LogP contribution in [0.2, 0.25) is 0 Å². The number of nitrogens with one attached hydrogen (secondary N) is 1. The Hall–Kier alpha value is -2.04. The third-order valence-electron chi connectivity index (χ3n) is 3.08. The largest absolute Gasteiger partial charge is 0.444 e. The fourth-order valence-electron chi connectivity index (χ4n) is 1.94.